The van der Waals surface area contributed by atoms with Crippen LogP contribution in [0.15, 0.2) is 41.3 Å². The highest BCUT2D eigenvalue weighted by Crippen LogP contribution is 2.31. The van der Waals surface area contributed by atoms with Gasteiger partial charge in [-0.25, -0.2) is 13.1 Å². The van der Waals surface area contributed by atoms with Crippen LogP contribution in [-0.2, 0) is 21.2 Å². The first-order valence-electron chi connectivity index (χ1n) is 10.7. The van der Waals surface area contributed by atoms with E-state index in [0.29, 0.717) is 25.5 Å². The second-order valence-corrected chi connectivity index (χ2v) is 9.97. The van der Waals surface area contributed by atoms with Crippen LogP contribution in [0.2, 0.25) is 0 Å². The molecule has 0 amide bonds. The van der Waals surface area contributed by atoms with Gasteiger partial charge in [0.05, 0.1) is 25.2 Å². The molecule has 0 aliphatic carbocycles. The number of aryl methyl sites for hydroxylation is 1. The standard InChI is InChI=1S/C23H31N3O4S/c1-17-14-20(5-7-23(17)29-3)31(27,28)24-16-22(26-10-12-30-13-11-26)18-4-6-21-19(15-18)8-9-25(21)2/h4-7,14-15,22,24H,8-13,16H2,1-3H3/t22-/m0/s1. The number of hydrogen-bond acceptors (Lipinski definition) is 6. The molecular weight excluding hydrogens is 414 g/mol. The van der Waals surface area contributed by atoms with Crippen LogP contribution in [0, 0.1) is 6.92 Å². The van der Waals surface area contributed by atoms with Crippen molar-refractivity contribution < 1.29 is 17.9 Å². The molecule has 1 saturated heterocycles. The van der Waals surface area contributed by atoms with Crippen LogP contribution in [0.1, 0.15) is 22.7 Å². The van der Waals surface area contributed by atoms with E-state index in [0.717, 1.165) is 37.2 Å². The van der Waals surface area contributed by atoms with Crippen molar-refractivity contribution in [3.8, 4) is 5.75 Å². The van der Waals surface area contributed by atoms with Gasteiger partial charge < -0.3 is 14.4 Å². The van der Waals surface area contributed by atoms with E-state index in [4.69, 9.17) is 9.47 Å². The van der Waals surface area contributed by atoms with Crippen LogP contribution in [0.5, 0.6) is 5.75 Å². The number of methoxy groups -OCH3 is 1. The minimum atomic E-state index is -3.64. The molecule has 2 heterocycles. The zero-order chi connectivity index (χ0) is 22.0. The molecular formula is C23H31N3O4S. The van der Waals surface area contributed by atoms with E-state index >= 15 is 0 Å². The lowest BCUT2D eigenvalue weighted by Gasteiger charge is -2.35. The molecule has 31 heavy (non-hydrogen) atoms. The van der Waals surface area contributed by atoms with Crippen molar-refractivity contribution in [3.05, 3.63) is 53.1 Å². The molecule has 0 unspecified atom stereocenters. The fourth-order valence-corrected chi connectivity index (χ4v) is 5.55. The second-order valence-electron chi connectivity index (χ2n) is 8.21. The lowest BCUT2D eigenvalue weighted by atomic mass is 10.0. The molecule has 0 bridgehead atoms. The smallest absolute Gasteiger partial charge is 0.240 e. The molecule has 0 spiro atoms. The summed E-state index contributed by atoms with van der Waals surface area (Å²) in [6.45, 7) is 6.06. The Balaban J connectivity index is 1.57. The van der Waals surface area contributed by atoms with Crippen LogP contribution in [0.4, 0.5) is 5.69 Å². The Morgan fingerprint density at radius 1 is 1.13 bits per heavy atom. The van der Waals surface area contributed by atoms with Gasteiger partial charge in [-0.1, -0.05) is 12.1 Å². The highest BCUT2D eigenvalue weighted by molar-refractivity contribution is 7.89. The number of likely N-dealkylation sites (N-methyl/N-ethyl adjacent to an activating group) is 1. The van der Waals surface area contributed by atoms with Gasteiger partial charge in [0, 0.05) is 45.0 Å². The number of anilines is 1. The number of benzene rings is 2. The van der Waals surface area contributed by atoms with Crippen molar-refractivity contribution in [2.24, 2.45) is 0 Å². The van der Waals surface area contributed by atoms with Gasteiger partial charge in [0.2, 0.25) is 10.0 Å². The fourth-order valence-electron chi connectivity index (χ4n) is 4.43. The normalized spacial score (nSPS) is 18.1. The topological polar surface area (TPSA) is 71.1 Å². The number of morpholine rings is 1. The van der Waals surface area contributed by atoms with E-state index in [2.05, 4.69) is 39.8 Å². The van der Waals surface area contributed by atoms with Crippen LogP contribution < -0.4 is 14.4 Å². The number of rotatable bonds is 7. The summed E-state index contributed by atoms with van der Waals surface area (Å²) in [6, 6.07) is 11.4. The van der Waals surface area contributed by atoms with Crippen LogP contribution in [0.3, 0.4) is 0 Å². The Labute approximate surface area is 185 Å². The van der Waals surface area contributed by atoms with E-state index in [9.17, 15) is 8.42 Å². The minimum Gasteiger partial charge on any atom is -0.496 e. The van der Waals surface area contributed by atoms with Crippen molar-refractivity contribution in [1.82, 2.24) is 9.62 Å². The molecule has 2 aromatic rings. The molecule has 8 heteroatoms. The maximum Gasteiger partial charge on any atom is 0.240 e. The number of fused-ring (bicyclic) bond motifs is 1. The monoisotopic (exact) mass is 445 g/mol. The maximum atomic E-state index is 13.0. The van der Waals surface area contributed by atoms with Crippen molar-refractivity contribution >= 4 is 15.7 Å². The van der Waals surface area contributed by atoms with Crippen LogP contribution >= 0.6 is 0 Å². The van der Waals surface area contributed by atoms with Gasteiger partial charge in [-0.3, -0.25) is 4.90 Å². The van der Waals surface area contributed by atoms with E-state index in [-0.39, 0.29) is 10.9 Å². The molecule has 168 valence electrons. The van der Waals surface area contributed by atoms with E-state index < -0.39 is 10.0 Å². The number of nitrogens with one attached hydrogen (secondary N) is 1. The lowest BCUT2D eigenvalue weighted by molar-refractivity contribution is 0.0172. The predicted molar refractivity (Wildman–Crippen MR) is 121 cm³/mol. The van der Waals surface area contributed by atoms with Gasteiger partial charge in [-0.15, -0.1) is 0 Å². The van der Waals surface area contributed by atoms with Gasteiger partial charge in [0.25, 0.3) is 0 Å². The minimum absolute atomic E-state index is 0.0470. The molecule has 1 N–H and O–H groups in total. The Kier molecular flexibility index (Phi) is 6.52. The third-order valence-corrected chi connectivity index (χ3v) is 7.67. The number of hydrogen-bond donors (Lipinski definition) is 1. The molecule has 2 aliphatic rings. The quantitative estimate of drug-likeness (QED) is 0.706. The van der Waals surface area contributed by atoms with E-state index in [1.807, 2.05) is 6.92 Å². The number of ether oxygens (including phenoxy) is 2. The Morgan fingerprint density at radius 3 is 2.61 bits per heavy atom. The first kappa shape index (κ1) is 22.1. The Hall–Kier alpha value is -2.13. The molecule has 7 nitrogen and oxygen atoms in total. The summed E-state index contributed by atoms with van der Waals surface area (Å²) >= 11 is 0. The summed E-state index contributed by atoms with van der Waals surface area (Å²) in [5.74, 6) is 0.674. The second kappa shape index (κ2) is 9.16. The van der Waals surface area contributed by atoms with Gasteiger partial charge in [-0.2, -0.15) is 0 Å². The summed E-state index contributed by atoms with van der Waals surface area (Å²) in [7, 11) is 0.0450. The number of nitrogens with zero attached hydrogens (tertiary/aromatic N) is 2. The van der Waals surface area contributed by atoms with Crippen molar-refractivity contribution in [2.45, 2.75) is 24.3 Å². The first-order chi connectivity index (χ1) is 14.9. The van der Waals surface area contributed by atoms with Gasteiger partial charge in [-0.05, 0) is 54.3 Å². The molecule has 0 saturated carbocycles. The lowest BCUT2D eigenvalue weighted by Crippen LogP contribution is -2.43. The average molecular weight is 446 g/mol. The first-order valence-corrected chi connectivity index (χ1v) is 12.2. The predicted octanol–water partition coefficient (Wildman–Crippen LogP) is 2.35. The van der Waals surface area contributed by atoms with Crippen molar-refractivity contribution in [2.75, 3.05) is 58.5 Å². The van der Waals surface area contributed by atoms with Crippen molar-refractivity contribution in [3.63, 3.8) is 0 Å². The van der Waals surface area contributed by atoms with Gasteiger partial charge in [0.1, 0.15) is 5.75 Å². The van der Waals surface area contributed by atoms with Gasteiger partial charge in [0.15, 0.2) is 0 Å². The van der Waals surface area contributed by atoms with Gasteiger partial charge >= 0.3 is 0 Å². The SMILES string of the molecule is COc1ccc(S(=O)(=O)NC[C@@H](c2ccc3c(c2)CCN3C)N2CCOCC2)cc1C. The number of sulfonamides is 1. The zero-order valence-electron chi connectivity index (χ0n) is 18.4. The maximum absolute atomic E-state index is 13.0. The fraction of sp³-hybridized carbons (Fsp3) is 0.478. The molecule has 4 rings (SSSR count). The molecule has 2 aromatic carbocycles. The van der Waals surface area contributed by atoms with Crippen LogP contribution in [-0.4, -0.2) is 66.9 Å². The van der Waals surface area contributed by atoms with E-state index in [1.165, 1.54) is 11.3 Å². The molecule has 0 aromatic heterocycles. The summed E-state index contributed by atoms with van der Waals surface area (Å²) in [6.07, 6.45) is 1.02. The highest BCUT2D eigenvalue weighted by atomic mass is 32.2. The highest BCUT2D eigenvalue weighted by Gasteiger charge is 2.27. The van der Waals surface area contributed by atoms with Crippen molar-refractivity contribution in [1.29, 1.82) is 0 Å². The largest absolute Gasteiger partial charge is 0.496 e. The molecule has 1 atom stereocenters. The third kappa shape index (κ3) is 4.72. The summed E-state index contributed by atoms with van der Waals surface area (Å²) < 4.78 is 39.7. The summed E-state index contributed by atoms with van der Waals surface area (Å²) in [4.78, 5) is 4.82. The summed E-state index contributed by atoms with van der Waals surface area (Å²) in [5, 5.41) is 0. The molecule has 1 fully saturated rings. The third-order valence-electron chi connectivity index (χ3n) is 6.25. The Bertz CT molecular complexity index is 1040. The Morgan fingerprint density at radius 2 is 1.90 bits per heavy atom. The zero-order valence-corrected chi connectivity index (χ0v) is 19.2. The van der Waals surface area contributed by atoms with Crippen LogP contribution in [0.25, 0.3) is 0 Å². The molecule has 0 radical (unpaired) electrons. The molecule has 2 aliphatic heterocycles. The summed E-state index contributed by atoms with van der Waals surface area (Å²) in [5.41, 5.74) is 4.52. The average Bonchev–Trinajstić information content (AvgIpc) is 3.14. The van der Waals surface area contributed by atoms with E-state index in [1.54, 1.807) is 25.3 Å².